The molecule has 0 unspecified atom stereocenters. The van der Waals surface area contributed by atoms with Gasteiger partial charge in [0.1, 0.15) is 5.75 Å². The third-order valence-electron chi connectivity index (χ3n) is 5.33. The number of nitrogens with zero attached hydrogens (tertiary/aromatic N) is 1. The molecule has 1 aliphatic carbocycles. The third-order valence-corrected chi connectivity index (χ3v) is 7.21. The summed E-state index contributed by atoms with van der Waals surface area (Å²) in [4.78, 5) is 12.8. The molecule has 1 aliphatic heterocycles. The van der Waals surface area contributed by atoms with Gasteiger partial charge in [-0.1, -0.05) is 11.6 Å². The highest BCUT2D eigenvalue weighted by molar-refractivity contribution is 7.89. The molecule has 0 spiro atoms. The molecule has 3 rings (SSSR count). The molecule has 1 aromatic carbocycles. The van der Waals surface area contributed by atoms with E-state index in [-0.39, 0.29) is 23.3 Å². The molecule has 7 heteroatoms. The van der Waals surface area contributed by atoms with Crippen molar-refractivity contribution in [2.75, 3.05) is 26.7 Å². The Morgan fingerprint density at radius 1 is 1.22 bits per heavy atom. The van der Waals surface area contributed by atoms with E-state index in [1.165, 1.54) is 22.7 Å². The van der Waals surface area contributed by atoms with Crippen molar-refractivity contribution in [1.82, 2.24) is 9.62 Å². The summed E-state index contributed by atoms with van der Waals surface area (Å²) < 4.78 is 32.3. The molecule has 1 saturated heterocycles. The van der Waals surface area contributed by atoms with Gasteiger partial charge in [-0.2, -0.15) is 4.31 Å². The van der Waals surface area contributed by atoms with E-state index in [2.05, 4.69) is 11.4 Å². The lowest BCUT2D eigenvalue weighted by Gasteiger charge is -2.31. The first-order chi connectivity index (χ1) is 13.0. The van der Waals surface area contributed by atoms with Crippen LogP contribution in [0.1, 0.15) is 38.5 Å². The van der Waals surface area contributed by atoms with E-state index in [0.717, 1.165) is 19.3 Å². The van der Waals surface area contributed by atoms with Crippen LogP contribution in [-0.4, -0.2) is 45.4 Å². The lowest BCUT2D eigenvalue weighted by Crippen LogP contribution is -2.45. The first-order valence-electron chi connectivity index (χ1n) is 9.60. The van der Waals surface area contributed by atoms with Crippen LogP contribution in [0, 0.1) is 5.92 Å². The van der Waals surface area contributed by atoms with E-state index in [0.29, 0.717) is 25.3 Å². The Morgan fingerprint density at radius 3 is 2.67 bits per heavy atom. The van der Waals surface area contributed by atoms with E-state index in [9.17, 15) is 13.2 Å². The normalized spacial score (nSPS) is 21.4. The number of amides is 1. The summed E-state index contributed by atoms with van der Waals surface area (Å²) in [7, 11) is -2.06. The standard InChI is InChI=1S/C20H28N2O4S/c1-26-18-9-11-19(12-10-18)27(24,25)22-13-5-8-17(15-22)20(23)21-14-16-6-3-2-4-7-16/h6,9-12,17H,2-5,7-8,13-15H2,1H3,(H,21,23)/t17-/m0/s1. The van der Waals surface area contributed by atoms with Gasteiger partial charge >= 0.3 is 0 Å². The molecule has 148 valence electrons. The van der Waals surface area contributed by atoms with E-state index < -0.39 is 10.0 Å². The summed E-state index contributed by atoms with van der Waals surface area (Å²) in [5, 5.41) is 3.00. The Labute approximate surface area is 161 Å². The summed E-state index contributed by atoms with van der Waals surface area (Å²) in [6.07, 6.45) is 8.16. The molecule has 1 heterocycles. The highest BCUT2D eigenvalue weighted by Gasteiger charge is 2.33. The van der Waals surface area contributed by atoms with Gasteiger partial charge in [0.15, 0.2) is 0 Å². The fourth-order valence-corrected chi connectivity index (χ4v) is 5.21. The van der Waals surface area contributed by atoms with Crippen LogP contribution in [0.25, 0.3) is 0 Å². The average Bonchev–Trinajstić information content (AvgIpc) is 2.73. The van der Waals surface area contributed by atoms with Gasteiger partial charge in [0.2, 0.25) is 15.9 Å². The van der Waals surface area contributed by atoms with Gasteiger partial charge in [-0.05, 0) is 62.8 Å². The van der Waals surface area contributed by atoms with Gasteiger partial charge in [-0.25, -0.2) is 8.42 Å². The van der Waals surface area contributed by atoms with Crippen LogP contribution in [0.5, 0.6) is 5.75 Å². The van der Waals surface area contributed by atoms with Gasteiger partial charge in [0, 0.05) is 19.6 Å². The zero-order valence-electron chi connectivity index (χ0n) is 15.8. The average molecular weight is 393 g/mol. The molecule has 27 heavy (non-hydrogen) atoms. The maximum absolute atomic E-state index is 12.9. The first-order valence-corrected chi connectivity index (χ1v) is 11.0. The number of rotatable bonds is 6. The molecule has 1 amide bonds. The Balaban J connectivity index is 1.62. The molecule has 1 aromatic rings. The van der Waals surface area contributed by atoms with Crippen molar-refractivity contribution in [1.29, 1.82) is 0 Å². The molecular weight excluding hydrogens is 364 g/mol. The van der Waals surface area contributed by atoms with Crippen molar-refractivity contribution in [3.05, 3.63) is 35.9 Å². The zero-order chi connectivity index (χ0) is 19.3. The van der Waals surface area contributed by atoms with Gasteiger partial charge < -0.3 is 10.1 Å². The molecule has 0 saturated carbocycles. The van der Waals surface area contributed by atoms with Gasteiger partial charge in [0.25, 0.3) is 0 Å². The number of carbonyl (C=O) groups is 1. The Hall–Kier alpha value is -1.86. The lowest BCUT2D eigenvalue weighted by molar-refractivity contribution is -0.125. The largest absolute Gasteiger partial charge is 0.497 e. The second-order valence-corrected chi connectivity index (χ2v) is 9.14. The van der Waals surface area contributed by atoms with Crippen molar-refractivity contribution >= 4 is 15.9 Å². The van der Waals surface area contributed by atoms with Gasteiger partial charge in [-0.15, -0.1) is 0 Å². The molecule has 1 fully saturated rings. The van der Waals surface area contributed by atoms with Crippen LogP contribution >= 0.6 is 0 Å². The predicted molar refractivity (Wildman–Crippen MR) is 104 cm³/mol. The third kappa shape index (κ3) is 4.90. The fraction of sp³-hybridized carbons (Fsp3) is 0.550. The molecule has 1 N–H and O–H groups in total. The SMILES string of the molecule is COc1ccc(S(=O)(=O)N2CCC[C@H](C(=O)NCC3=CCCCC3)C2)cc1. The summed E-state index contributed by atoms with van der Waals surface area (Å²) in [5.41, 5.74) is 1.29. The van der Waals surface area contributed by atoms with Gasteiger partial charge in [-0.3, -0.25) is 4.79 Å². The number of allylic oxidation sites excluding steroid dienone is 1. The van der Waals surface area contributed by atoms with Crippen LogP contribution in [0.4, 0.5) is 0 Å². The Bertz CT molecular complexity index is 787. The Morgan fingerprint density at radius 2 is 2.00 bits per heavy atom. The maximum atomic E-state index is 12.9. The first kappa shape index (κ1) is 19.9. The minimum atomic E-state index is -3.60. The monoisotopic (exact) mass is 392 g/mol. The number of methoxy groups -OCH3 is 1. The molecular formula is C20H28N2O4S. The minimum absolute atomic E-state index is 0.0453. The number of benzene rings is 1. The van der Waals surface area contributed by atoms with Crippen molar-refractivity contribution in [2.24, 2.45) is 5.92 Å². The van der Waals surface area contributed by atoms with Crippen LogP contribution in [0.2, 0.25) is 0 Å². The second kappa shape index (κ2) is 8.89. The number of hydrogen-bond donors (Lipinski definition) is 1. The molecule has 6 nitrogen and oxygen atoms in total. The minimum Gasteiger partial charge on any atom is -0.497 e. The van der Waals surface area contributed by atoms with E-state index in [1.54, 1.807) is 31.4 Å². The lowest BCUT2D eigenvalue weighted by atomic mass is 9.97. The smallest absolute Gasteiger partial charge is 0.243 e. The van der Waals surface area contributed by atoms with Crippen molar-refractivity contribution in [3.63, 3.8) is 0 Å². The molecule has 0 bridgehead atoms. The number of carbonyl (C=O) groups excluding carboxylic acids is 1. The maximum Gasteiger partial charge on any atom is 0.243 e. The highest BCUT2D eigenvalue weighted by Crippen LogP contribution is 2.25. The number of ether oxygens (including phenoxy) is 1. The highest BCUT2D eigenvalue weighted by atomic mass is 32.2. The molecule has 0 radical (unpaired) electrons. The quantitative estimate of drug-likeness (QED) is 0.756. The summed E-state index contributed by atoms with van der Waals surface area (Å²) >= 11 is 0. The number of piperidine rings is 1. The summed E-state index contributed by atoms with van der Waals surface area (Å²) in [6.45, 7) is 1.27. The number of nitrogens with one attached hydrogen (secondary N) is 1. The van der Waals surface area contributed by atoms with Gasteiger partial charge in [0.05, 0.1) is 17.9 Å². The van der Waals surface area contributed by atoms with E-state index in [4.69, 9.17) is 4.74 Å². The summed E-state index contributed by atoms with van der Waals surface area (Å²) in [5.74, 6) is 0.272. The predicted octanol–water partition coefficient (Wildman–Crippen LogP) is 2.71. The topological polar surface area (TPSA) is 75.7 Å². The summed E-state index contributed by atoms with van der Waals surface area (Å²) in [6, 6.07) is 6.37. The van der Waals surface area contributed by atoms with Crippen LogP contribution in [0.15, 0.2) is 40.8 Å². The van der Waals surface area contributed by atoms with E-state index in [1.807, 2.05) is 0 Å². The second-order valence-electron chi connectivity index (χ2n) is 7.20. The van der Waals surface area contributed by atoms with Crippen molar-refractivity contribution in [2.45, 2.75) is 43.4 Å². The van der Waals surface area contributed by atoms with Crippen LogP contribution in [0.3, 0.4) is 0 Å². The molecule has 0 aromatic heterocycles. The zero-order valence-corrected chi connectivity index (χ0v) is 16.6. The molecule has 1 atom stereocenters. The number of sulfonamides is 1. The van der Waals surface area contributed by atoms with Crippen molar-refractivity contribution in [3.8, 4) is 5.75 Å². The number of hydrogen-bond acceptors (Lipinski definition) is 4. The molecule has 2 aliphatic rings. The van der Waals surface area contributed by atoms with Crippen LogP contribution in [-0.2, 0) is 14.8 Å². The van der Waals surface area contributed by atoms with Crippen LogP contribution < -0.4 is 10.1 Å². The van der Waals surface area contributed by atoms with Crippen molar-refractivity contribution < 1.29 is 17.9 Å². The van der Waals surface area contributed by atoms with E-state index >= 15 is 0 Å². The fourth-order valence-electron chi connectivity index (χ4n) is 3.68. The Kier molecular flexibility index (Phi) is 6.55.